The lowest BCUT2D eigenvalue weighted by Crippen LogP contribution is -2.44. The minimum atomic E-state index is -4.48. The van der Waals surface area contributed by atoms with E-state index in [4.69, 9.17) is 0 Å². The summed E-state index contributed by atoms with van der Waals surface area (Å²) in [4.78, 5) is 23.0. The molecule has 0 spiro atoms. The number of H-pyrrole nitrogens is 1. The minimum absolute atomic E-state index is 0.0112. The van der Waals surface area contributed by atoms with Gasteiger partial charge in [0.25, 0.3) is 0 Å². The lowest BCUT2D eigenvalue weighted by Gasteiger charge is -2.28. The predicted molar refractivity (Wildman–Crippen MR) is 164 cm³/mol. The number of nitrogens with one attached hydrogen (secondary N) is 1. The number of hydrogen-bond donors (Lipinski definition) is 1. The summed E-state index contributed by atoms with van der Waals surface area (Å²) in [5.41, 5.74) is 1.95. The average Bonchev–Trinajstić information content (AvgIpc) is 3.41. The van der Waals surface area contributed by atoms with Crippen molar-refractivity contribution in [1.82, 2.24) is 19.2 Å². The van der Waals surface area contributed by atoms with Gasteiger partial charge in [0.15, 0.2) is 0 Å². The van der Waals surface area contributed by atoms with Crippen LogP contribution in [0.4, 0.5) is 13.2 Å². The molecule has 0 radical (unpaired) electrons. The first-order chi connectivity index (χ1) is 20.9. The van der Waals surface area contributed by atoms with Gasteiger partial charge in [-0.15, -0.1) is 0 Å². The maximum Gasteiger partial charge on any atom is 0.416 e. The Morgan fingerprint density at radius 2 is 1.68 bits per heavy atom. The van der Waals surface area contributed by atoms with Crippen molar-refractivity contribution in [2.75, 3.05) is 19.6 Å². The summed E-state index contributed by atoms with van der Waals surface area (Å²) in [5.74, 6) is -0.544. The van der Waals surface area contributed by atoms with Crippen LogP contribution in [0.5, 0.6) is 0 Å². The van der Waals surface area contributed by atoms with Crippen LogP contribution in [0.2, 0.25) is 0 Å². The Morgan fingerprint density at radius 3 is 2.41 bits per heavy atom. The summed E-state index contributed by atoms with van der Waals surface area (Å²) in [6.45, 7) is 3.64. The molecule has 0 atom stereocenters. The summed E-state index contributed by atoms with van der Waals surface area (Å²) in [7, 11) is -4.14. The molecule has 0 bridgehead atoms. The van der Waals surface area contributed by atoms with Gasteiger partial charge in [0.1, 0.15) is 4.90 Å². The van der Waals surface area contributed by atoms with Crippen molar-refractivity contribution in [2.24, 2.45) is 5.92 Å². The molecule has 0 saturated heterocycles. The smallest absolute Gasteiger partial charge is 0.361 e. The van der Waals surface area contributed by atoms with Crippen molar-refractivity contribution in [3.8, 4) is 0 Å². The van der Waals surface area contributed by atoms with Gasteiger partial charge < -0.3 is 9.88 Å². The van der Waals surface area contributed by atoms with E-state index in [1.807, 2.05) is 44.3 Å². The highest BCUT2D eigenvalue weighted by atomic mass is 32.2. The van der Waals surface area contributed by atoms with Gasteiger partial charge in [0.05, 0.1) is 17.6 Å². The molecule has 1 amide bonds. The van der Waals surface area contributed by atoms with Crippen LogP contribution in [0.1, 0.15) is 30.5 Å². The van der Waals surface area contributed by atoms with Crippen LogP contribution in [-0.4, -0.2) is 53.1 Å². The zero-order valence-corrected chi connectivity index (χ0v) is 25.2. The number of aromatic nitrogens is 2. The largest absolute Gasteiger partial charge is 0.416 e. The Labute approximate surface area is 254 Å². The summed E-state index contributed by atoms with van der Waals surface area (Å²) in [6.07, 6.45) is -0.629. The molecular formula is C33H33F3N4O3S. The van der Waals surface area contributed by atoms with Gasteiger partial charge in [-0.3, -0.25) is 9.78 Å². The maximum atomic E-state index is 14.0. The van der Waals surface area contributed by atoms with Crippen LogP contribution < -0.4 is 0 Å². The first kappa shape index (κ1) is 31.2. The summed E-state index contributed by atoms with van der Waals surface area (Å²) < 4.78 is 68.8. The highest BCUT2D eigenvalue weighted by molar-refractivity contribution is 7.89. The number of amides is 1. The molecule has 230 valence electrons. The number of carbonyl (C=O) groups excluding carboxylic acids is 1. The highest BCUT2D eigenvalue weighted by Crippen LogP contribution is 2.30. The number of sulfonamides is 1. The molecule has 0 unspecified atom stereocenters. The van der Waals surface area contributed by atoms with Crippen molar-refractivity contribution in [3.63, 3.8) is 0 Å². The highest BCUT2D eigenvalue weighted by Gasteiger charge is 2.32. The van der Waals surface area contributed by atoms with E-state index in [9.17, 15) is 26.4 Å². The first-order valence-corrected chi connectivity index (χ1v) is 15.7. The SMILES string of the molecule is CC(C)CN(CC(=O)N(CCc1c[nH]c2ccccc12)Cc1ccc(C(F)(F)F)cc1)S(=O)(=O)c1cccc2cccnc12. The number of para-hydroxylation sites is 2. The van der Waals surface area contributed by atoms with Gasteiger partial charge in [0, 0.05) is 48.3 Å². The Hall–Kier alpha value is -4.22. The van der Waals surface area contributed by atoms with Crippen LogP contribution in [-0.2, 0) is 34.0 Å². The van der Waals surface area contributed by atoms with Crippen LogP contribution in [0.3, 0.4) is 0 Å². The van der Waals surface area contributed by atoms with E-state index in [-0.39, 0.29) is 30.4 Å². The lowest BCUT2D eigenvalue weighted by molar-refractivity contribution is -0.137. The zero-order chi connectivity index (χ0) is 31.5. The van der Waals surface area contributed by atoms with Crippen molar-refractivity contribution in [3.05, 3.63) is 108 Å². The summed E-state index contributed by atoms with van der Waals surface area (Å²) >= 11 is 0. The molecule has 44 heavy (non-hydrogen) atoms. The van der Waals surface area contributed by atoms with Crippen molar-refractivity contribution in [1.29, 1.82) is 0 Å². The molecule has 1 N–H and O–H groups in total. The second-order valence-electron chi connectivity index (χ2n) is 11.1. The van der Waals surface area contributed by atoms with Crippen LogP contribution >= 0.6 is 0 Å². The second kappa shape index (κ2) is 12.8. The first-order valence-electron chi connectivity index (χ1n) is 14.3. The number of aromatic amines is 1. The molecule has 5 aromatic rings. The number of fused-ring (bicyclic) bond motifs is 2. The Kier molecular flexibility index (Phi) is 9.07. The van der Waals surface area contributed by atoms with E-state index in [0.717, 1.165) is 28.6 Å². The molecule has 0 aliphatic heterocycles. The third-order valence-corrected chi connectivity index (χ3v) is 9.27. The molecule has 0 saturated carbocycles. The third kappa shape index (κ3) is 6.95. The second-order valence-corrected chi connectivity index (χ2v) is 13.0. The molecule has 2 aromatic heterocycles. The Bertz CT molecular complexity index is 1860. The zero-order valence-electron chi connectivity index (χ0n) is 24.4. The van der Waals surface area contributed by atoms with Gasteiger partial charge >= 0.3 is 6.18 Å². The van der Waals surface area contributed by atoms with Crippen LogP contribution in [0, 0.1) is 5.92 Å². The summed E-state index contributed by atoms with van der Waals surface area (Å²) in [6, 6.07) is 20.8. The fourth-order valence-electron chi connectivity index (χ4n) is 5.23. The molecule has 0 aliphatic rings. The fourth-order valence-corrected chi connectivity index (χ4v) is 6.95. The summed E-state index contributed by atoms with van der Waals surface area (Å²) in [5, 5.41) is 1.66. The number of alkyl halides is 3. The number of pyridine rings is 1. The Morgan fingerprint density at radius 1 is 0.955 bits per heavy atom. The Balaban J connectivity index is 1.45. The molecule has 11 heteroatoms. The number of benzene rings is 3. The molecule has 0 fully saturated rings. The van der Waals surface area contributed by atoms with Crippen molar-refractivity contribution in [2.45, 2.75) is 37.9 Å². The van der Waals surface area contributed by atoms with E-state index in [1.165, 1.54) is 33.6 Å². The van der Waals surface area contributed by atoms with Gasteiger partial charge in [-0.05, 0) is 53.8 Å². The number of carbonyl (C=O) groups is 1. The van der Waals surface area contributed by atoms with E-state index < -0.39 is 34.2 Å². The normalized spacial score (nSPS) is 12.4. The molecular weight excluding hydrogens is 589 g/mol. The van der Waals surface area contributed by atoms with Crippen molar-refractivity contribution >= 4 is 37.7 Å². The van der Waals surface area contributed by atoms with Gasteiger partial charge in [-0.25, -0.2) is 8.42 Å². The quantitative estimate of drug-likeness (QED) is 0.179. The van der Waals surface area contributed by atoms with Crippen molar-refractivity contribution < 1.29 is 26.4 Å². The van der Waals surface area contributed by atoms with Gasteiger partial charge in [-0.1, -0.05) is 62.4 Å². The van der Waals surface area contributed by atoms with E-state index in [0.29, 0.717) is 22.9 Å². The van der Waals surface area contributed by atoms with E-state index in [2.05, 4.69) is 9.97 Å². The number of hydrogen-bond acceptors (Lipinski definition) is 4. The molecule has 3 aromatic carbocycles. The van der Waals surface area contributed by atoms with Gasteiger partial charge in [0.2, 0.25) is 15.9 Å². The topological polar surface area (TPSA) is 86.4 Å². The molecule has 5 rings (SSSR count). The van der Waals surface area contributed by atoms with Crippen LogP contribution in [0.25, 0.3) is 21.8 Å². The molecule has 0 aliphatic carbocycles. The molecule has 2 heterocycles. The third-order valence-electron chi connectivity index (χ3n) is 7.43. The monoisotopic (exact) mass is 622 g/mol. The maximum absolute atomic E-state index is 14.0. The van der Waals surface area contributed by atoms with Crippen LogP contribution in [0.15, 0.2) is 96.2 Å². The predicted octanol–water partition coefficient (Wildman–Crippen LogP) is 6.65. The van der Waals surface area contributed by atoms with E-state index >= 15 is 0 Å². The van der Waals surface area contributed by atoms with E-state index in [1.54, 1.807) is 24.3 Å². The molecule has 7 nitrogen and oxygen atoms in total. The number of nitrogens with zero attached hydrogens (tertiary/aromatic N) is 3. The van der Waals surface area contributed by atoms with Gasteiger partial charge in [-0.2, -0.15) is 17.5 Å². The number of rotatable bonds is 11. The average molecular weight is 623 g/mol. The number of halogens is 3. The minimum Gasteiger partial charge on any atom is -0.361 e. The standard InChI is InChI=1S/C33H33F3N4O3S/c1-23(2)20-40(44(42,43)30-11-5-7-25-8-6-17-37-32(25)30)22-31(41)39(21-24-12-14-27(15-13-24)33(34,35)36)18-16-26-19-38-29-10-4-3-9-28(26)29/h3-15,17,19,23,38H,16,18,20-22H2,1-2H3. The lowest BCUT2D eigenvalue weighted by atomic mass is 10.1. The fraction of sp³-hybridized carbons (Fsp3) is 0.273.